The van der Waals surface area contributed by atoms with Gasteiger partial charge in [-0.3, -0.25) is 0 Å². The van der Waals surface area contributed by atoms with Crippen molar-refractivity contribution in [2.45, 2.75) is 148 Å². The first-order valence-electron chi connectivity index (χ1n) is 17.3. The van der Waals surface area contributed by atoms with Crippen molar-refractivity contribution in [1.29, 1.82) is 0 Å². The van der Waals surface area contributed by atoms with Crippen LogP contribution >= 0.6 is 0 Å². The van der Waals surface area contributed by atoms with Crippen LogP contribution in [0.25, 0.3) is 0 Å². The van der Waals surface area contributed by atoms with E-state index in [1.54, 1.807) is 0 Å². The highest BCUT2D eigenvalue weighted by Crippen LogP contribution is 2.78. The Balaban J connectivity index is 1.28. The van der Waals surface area contributed by atoms with Crippen LogP contribution in [0.2, 0.25) is 0 Å². The average molecular weight is 635 g/mol. The van der Waals surface area contributed by atoms with Gasteiger partial charge < -0.3 is 44.8 Å². The molecule has 5 fully saturated rings. The first-order valence-corrected chi connectivity index (χ1v) is 17.3. The zero-order valence-corrected chi connectivity index (χ0v) is 28.2. The highest BCUT2D eigenvalue weighted by atomic mass is 16.7. The zero-order valence-electron chi connectivity index (χ0n) is 28.2. The monoisotopic (exact) mass is 634 g/mol. The molecule has 2 saturated heterocycles. The predicted molar refractivity (Wildman–Crippen MR) is 167 cm³/mol. The van der Waals surface area contributed by atoms with Crippen molar-refractivity contribution < 1.29 is 44.8 Å². The summed E-state index contributed by atoms with van der Waals surface area (Å²) in [5.41, 5.74) is -2.52. The molecule has 2 bridgehead atoms. The second kappa shape index (κ2) is 11.1. The number of hydrogen-bond donors (Lipinski definition) is 6. The second-order valence-electron chi connectivity index (χ2n) is 17.1. The van der Waals surface area contributed by atoms with Gasteiger partial charge in [0.05, 0.1) is 18.3 Å². The van der Waals surface area contributed by atoms with Crippen molar-refractivity contribution in [3.05, 3.63) is 24.3 Å². The van der Waals surface area contributed by atoms with E-state index in [1.807, 2.05) is 19.9 Å². The van der Waals surface area contributed by atoms with Gasteiger partial charge in [0.15, 0.2) is 12.6 Å². The van der Waals surface area contributed by atoms with E-state index < -0.39 is 71.7 Å². The third kappa shape index (κ3) is 4.66. The molecule has 2 aliphatic heterocycles. The number of allylic oxidation sites excluding steroid dienone is 2. The molecular formula is C36H58O9. The van der Waals surface area contributed by atoms with Gasteiger partial charge >= 0.3 is 0 Å². The lowest BCUT2D eigenvalue weighted by Gasteiger charge is -2.65. The molecule has 1 unspecified atom stereocenters. The SMILES string of the molecule is C[C@H](C/C=C/C(C)(C)O)[C@H]1CC[C@@]2(C)[C@@H]3C=C[C@@]45OC(O)[C@]3(CC[C@]12C)[C@@H]4CC[C@H](O[C@@H]1O[C@H](CO)[C@@H](O)[C@H](O)[C@H]1O)C5(C)C. The summed E-state index contributed by atoms with van der Waals surface area (Å²) in [5.74, 6) is 1.29. The number of hydrogen-bond acceptors (Lipinski definition) is 9. The van der Waals surface area contributed by atoms with Crippen molar-refractivity contribution in [3.8, 4) is 0 Å². The normalized spacial score (nSPS) is 52.8. The van der Waals surface area contributed by atoms with E-state index in [9.17, 15) is 30.6 Å². The van der Waals surface area contributed by atoms with E-state index in [0.717, 1.165) is 38.5 Å². The number of aliphatic hydroxyl groups is 6. The molecule has 45 heavy (non-hydrogen) atoms. The van der Waals surface area contributed by atoms with Gasteiger partial charge in [-0.2, -0.15) is 0 Å². The minimum atomic E-state index is -1.51. The molecule has 4 aliphatic carbocycles. The first-order chi connectivity index (χ1) is 20.9. The Morgan fingerprint density at radius 3 is 2.33 bits per heavy atom. The summed E-state index contributed by atoms with van der Waals surface area (Å²) >= 11 is 0. The lowest BCUT2D eigenvalue weighted by Crippen LogP contribution is -2.66. The van der Waals surface area contributed by atoms with Crippen molar-refractivity contribution >= 4 is 0 Å². The Hall–Kier alpha value is -0.880. The molecule has 0 aromatic heterocycles. The smallest absolute Gasteiger partial charge is 0.186 e. The summed E-state index contributed by atoms with van der Waals surface area (Å²) < 4.78 is 18.9. The van der Waals surface area contributed by atoms with Crippen molar-refractivity contribution in [2.75, 3.05) is 6.61 Å². The highest BCUT2D eigenvalue weighted by molar-refractivity contribution is 5.34. The number of fused-ring (bicyclic) bond motifs is 2. The van der Waals surface area contributed by atoms with Gasteiger partial charge in [0.2, 0.25) is 0 Å². The number of aliphatic hydroxyl groups excluding tert-OH is 5. The fourth-order valence-corrected chi connectivity index (χ4v) is 11.5. The summed E-state index contributed by atoms with van der Waals surface area (Å²) in [7, 11) is 0. The van der Waals surface area contributed by atoms with Crippen LogP contribution in [0.4, 0.5) is 0 Å². The average Bonchev–Trinajstić information content (AvgIpc) is 3.32. The highest BCUT2D eigenvalue weighted by Gasteiger charge is 2.78. The molecule has 2 heterocycles. The van der Waals surface area contributed by atoms with E-state index in [2.05, 4.69) is 52.8 Å². The molecule has 6 N–H and O–H groups in total. The molecular weight excluding hydrogens is 576 g/mol. The van der Waals surface area contributed by atoms with Crippen LogP contribution in [0.5, 0.6) is 0 Å². The Morgan fingerprint density at radius 1 is 0.956 bits per heavy atom. The summed E-state index contributed by atoms with van der Waals surface area (Å²) in [6.45, 7) is 14.6. The standard InChI is InChI=1S/C36H58O9/c1-20(9-8-14-31(2,3)42)21-12-15-34(7)23-13-16-36-24(35(23,30(41)45-36)18-17-33(21,34)6)10-11-25(32(36,4)5)44-29-28(40)27(39)26(38)22(19-37)43-29/h8,13-14,16,20-30,37-42H,9-12,15,17-19H2,1-7H3/b14-8+/t20-,21-,22-,23+,24+,25+,26-,27+,28-,29+,30?,33-,34+,35+,36-/m1/s1. The third-order valence-corrected chi connectivity index (χ3v) is 14.3. The summed E-state index contributed by atoms with van der Waals surface area (Å²) in [5, 5.41) is 63.2. The molecule has 0 aromatic carbocycles. The van der Waals surface area contributed by atoms with Gasteiger partial charge in [-0.05, 0) is 87.4 Å². The van der Waals surface area contributed by atoms with Gasteiger partial charge in [0.25, 0.3) is 0 Å². The van der Waals surface area contributed by atoms with Crippen LogP contribution in [0.1, 0.15) is 93.4 Å². The maximum Gasteiger partial charge on any atom is 0.186 e. The summed E-state index contributed by atoms with van der Waals surface area (Å²) in [6.07, 6.45) is 7.14. The number of rotatable bonds is 7. The zero-order chi connectivity index (χ0) is 33.0. The molecule has 9 heteroatoms. The minimum Gasteiger partial charge on any atom is -0.394 e. The predicted octanol–water partition coefficient (Wildman–Crippen LogP) is 3.44. The molecule has 15 atom stereocenters. The molecule has 1 spiro atoms. The van der Waals surface area contributed by atoms with Gasteiger partial charge in [0, 0.05) is 16.7 Å². The van der Waals surface area contributed by atoms with Crippen LogP contribution in [-0.2, 0) is 14.2 Å². The fourth-order valence-electron chi connectivity index (χ4n) is 11.5. The molecule has 0 radical (unpaired) electrons. The van der Waals surface area contributed by atoms with E-state index in [-0.39, 0.29) is 22.7 Å². The Bertz CT molecular complexity index is 1180. The van der Waals surface area contributed by atoms with E-state index in [0.29, 0.717) is 18.3 Å². The van der Waals surface area contributed by atoms with Crippen LogP contribution in [-0.4, -0.2) is 91.5 Å². The molecule has 0 aromatic rings. The fraction of sp³-hybridized carbons (Fsp3) is 0.889. The van der Waals surface area contributed by atoms with Crippen LogP contribution in [0.15, 0.2) is 24.3 Å². The van der Waals surface area contributed by atoms with E-state index >= 15 is 0 Å². The van der Waals surface area contributed by atoms with Crippen molar-refractivity contribution in [2.24, 2.45) is 45.3 Å². The summed E-state index contributed by atoms with van der Waals surface area (Å²) in [6, 6.07) is 0. The van der Waals surface area contributed by atoms with Gasteiger partial charge in [-0.1, -0.05) is 58.9 Å². The van der Waals surface area contributed by atoms with Crippen LogP contribution in [0, 0.1) is 45.3 Å². The van der Waals surface area contributed by atoms with Crippen molar-refractivity contribution in [1.82, 2.24) is 0 Å². The second-order valence-corrected chi connectivity index (χ2v) is 17.1. The quantitative estimate of drug-likeness (QED) is 0.232. The molecule has 256 valence electrons. The molecule has 0 amide bonds. The third-order valence-electron chi connectivity index (χ3n) is 14.3. The molecule has 6 rings (SSSR count). The molecule has 9 nitrogen and oxygen atoms in total. The Kier molecular flexibility index (Phi) is 8.37. The maximum absolute atomic E-state index is 12.0. The van der Waals surface area contributed by atoms with Gasteiger partial charge in [-0.25, -0.2) is 0 Å². The molecule has 3 saturated carbocycles. The van der Waals surface area contributed by atoms with E-state index in [1.165, 1.54) is 0 Å². The van der Waals surface area contributed by atoms with Gasteiger partial charge in [0.1, 0.15) is 30.0 Å². The first kappa shape index (κ1) is 34.0. The topological polar surface area (TPSA) is 149 Å². The lowest BCUT2D eigenvalue weighted by molar-refractivity contribution is -0.330. The van der Waals surface area contributed by atoms with Crippen LogP contribution < -0.4 is 0 Å². The minimum absolute atomic E-state index is 0.00466. The van der Waals surface area contributed by atoms with Crippen molar-refractivity contribution in [3.63, 3.8) is 0 Å². The van der Waals surface area contributed by atoms with E-state index in [4.69, 9.17) is 14.2 Å². The maximum atomic E-state index is 12.0. The largest absolute Gasteiger partial charge is 0.394 e. The van der Waals surface area contributed by atoms with Crippen LogP contribution in [0.3, 0.4) is 0 Å². The Labute approximate surface area is 268 Å². The molecule has 6 aliphatic rings. The number of ether oxygens (including phenoxy) is 3. The summed E-state index contributed by atoms with van der Waals surface area (Å²) in [4.78, 5) is 0. The lowest BCUT2D eigenvalue weighted by atomic mass is 9.38. The van der Waals surface area contributed by atoms with Gasteiger partial charge in [-0.15, -0.1) is 0 Å². The Morgan fingerprint density at radius 2 is 1.67 bits per heavy atom.